The van der Waals surface area contributed by atoms with Crippen LogP contribution in [0.25, 0.3) is 11.3 Å². The van der Waals surface area contributed by atoms with Crippen LogP contribution in [0.5, 0.6) is 5.75 Å². The molecule has 1 aromatic carbocycles. The number of piperazine rings is 1. The van der Waals surface area contributed by atoms with Gasteiger partial charge in [0.2, 0.25) is 5.91 Å². The molecule has 0 aliphatic carbocycles. The molecular weight excluding hydrogens is 308 g/mol. The second-order valence-corrected chi connectivity index (χ2v) is 6.08. The number of benzene rings is 1. The molecule has 0 saturated carbocycles. The second-order valence-electron chi connectivity index (χ2n) is 6.08. The molecule has 126 valence electrons. The van der Waals surface area contributed by atoms with Gasteiger partial charge in [0, 0.05) is 12.1 Å². The average Bonchev–Trinajstić information content (AvgIpc) is 2.54. The molecule has 2 heterocycles. The van der Waals surface area contributed by atoms with Gasteiger partial charge in [0.1, 0.15) is 5.75 Å². The average molecular weight is 328 g/mol. The van der Waals surface area contributed by atoms with E-state index in [1.54, 1.807) is 23.1 Å². The highest BCUT2D eigenvalue weighted by atomic mass is 16.3. The van der Waals surface area contributed by atoms with Gasteiger partial charge in [0.25, 0.3) is 0 Å². The minimum atomic E-state index is -0.309. The molecule has 3 rings (SSSR count). The molecule has 3 N–H and O–H groups in total. The number of aromatic hydroxyl groups is 1. The highest BCUT2D eigenvalue weighted by Gasteiger charge is 2.25. The Labute approximate surface area is 140 Å². The van der Waals surface area contributed by atoms with Crippen LogP contribution in [-0.4, -0.2) is 52.1 Å². The third-order valence-electron chi connectivity index (χ3n) is 4.05. The number of rotatable bonds is 3. The first-order valence-electron chi connectivity index (χ1n) is 7.77. The largest absolute Gasteiger partial charge is 0.507 e. The smallest absolute Gasteiger partial charge is 0.239 e. The number of hydrogen-bond acceptors (Lipinski definition) is 6. The second kappa shape index (κ2) is 6.45. The summed E-state index contributed by atoms with van der Waals surface area (Å²) >= 11 is 0. The van der Waals surface area contributed by atoms with Crippen molar-refractivity contribution in [1.82, 2.24) is 15.5 Å². The highest BCUT2D eigenvalue weighted by Crippen LogP contribution is 2.32. The summed E-state index contributed by atoms with van der Waals surface area (Å²) in [4.78, 5) is 13.5. The number of aliphatic hydroxyl groups is 1. The Balaban J connectivity index is 1.87. The Bertz CT molecular complexity index is 738. The molecule has 7 heteroatoms. The van der Waals surface area contributed by atoms with Crippen LogP contribution >= 0.6 is 0 Å². The summed E-state index contributed by atoms with van der Waals surface area (Å²) in [6, 6.07) is 6.91. The van der Waals surface area contributed by atoms with E-state index in [1.165, 1.54) is 0 Å². The van der Waals surface area contributed by atoms with E-state index in [2.05, 4.69) is 15.5 Å². The predicted octanol–water partition coefficient (Wildman–Crippen LogP) is 0.763. The minimum absolute atomic E-state index is 0.121. The fourth-order valence-corrected chi connectivity index (χ4v) is 3.01. The number of phenols is 1. The van der Waals surface area contributed by atoms with Crippen molar-refractivity contribution in [2.24, 2.45) is 0 Å². The van der Waals surface area contributed by atoms with Crippen molar-refractivity contribution in [3.05, 3.63) is 35.4 Å². The molecule has 1 atom stereocenters. The van der Waals surface area contributed by atoms with Crippen molar-refractivity contribution in [3.8, 4) is 17.0 Å². The highest BCUT2D eigenvalue weighted by molar-refractivity contribution is 5.82. The molecule has 0 bridgehead atoms. The van der Waals surface area contributed by atoms with E-state index in [1.807, 2.05) is 19.9 Å². The molecular formula is C17H20N4O3. The zero-order chi connectivity index (χ0) is 17.3. The number of nitrogens with one attached hydrogen (secondary N) is 1. The van der Waals surface area contributed by atoms with Crippen LogP contribution < -0.4 is 10.2 Å². The number of carbonyl (C=O) groups is 1. The Morgan fingerprint density at radius 1 is 1.29 bits per heavy atom. The minimum Gasteiger partial charge on any atom is -0.507 e. The van der Waals surface area contributed by atoms with Gasteiger partial charge in [0.05, 0.1) is 24.9 Å². The molecule has 1 aliphatic rings. The molecule has 0 radical (unpaired) electrons. The number of carbonyl (C=O) groups excluding carboxylic acids is 1. The van der Waals surface area contributed by atoms with Crippen molar-refractivity contribution in [2.75, 3.05) is 24.6 Å². The number of aryl methyl sites for hydroxylation is 2. The third kappa shape index (κ3) is 3.16. The Hall–Kier alpha value is -2.67. The third-order valence-corrected chi connectivity index (χ3v) is 4.05. The number of amides is 1. The standard InChI is InChI=1S/C17H20N4O3/c1-10-5-11(2)17(14(23)6-10)13-3-4-15(20-19-13)21-7-12(9-22)18-16(24)8-21/h3-6,12,22-23H,7-9H2,1-2H3,(H,18,24). The van der Waals surface area contributed by atoms with Gasteiger partial charge >= 0.3 is 0 Å². The summed E-state index contributed by atoms with van der Waals surface area (Å²) in [5.74, 6) is 0.585. The molecule has 1 saturated heterocycles. The summed E-state index contributed by atoms with van der Waals surface area (Å²) in [6.45, 7) is 4.37. The maximum Gasteiger partial charge on any atom is 0.239 e. The molecule has 1 unspecified atom stereocenters. The summed E-state index contributed by atoms with van der Waals surface area (Å²) < 4.78 is 0. The number of aromatic nitrogens is 2. The van der Waals surface area contributed by atoms with Gasteiger partial charge in [0.15, 0.2) is 5.82 Å². The van der Waals surface area contributed by atoms with Gasteiger partial charge in [-0.1, -0.05) is 6.07 Å². The predicted molar refractivity (Wildman–Crippen MR) is 89.8 cm³/mol. The van der Waals surface area contributed by atoms with E-state index in [4.69, 9.17) is 0 Å². The lowest BCUT2D eigenvalue weighted by atomic mass is 10.0. The molecule has 24 heavy (non-hydrogen) atoms. The molecule has 0 spiro atoms. The molecule has 1 amide bonds. The molecule has 1 aromatic heterocycles. The topological polar surface area (TPSA) is 98.6 Å². The van der Waals surface area contributed by atoms with Crippen molar-refractivity contribution in [1.29, 1.82) is 0 Å². The number of anilines is 1. The Morgan fingerprint density at radius 2 is 2.08 bits per heavy atom. The van der Waals surface area contributed by atoms with E-state index < -0.39 is 0 Å². The maximum atomic E-state index is 11.7. The van der Waals surface area contributed by atoms with Gasteiger partial charge < -0.3 is 20.4 Å². The van der Waals surface area contributed by atoms with Gasteiger partial charge in [-0.05, 0) is 43.2 Å². The molecule has 1 aliphatic heterocycles. The van der Waals surface area contributed by atoms with Crippen LogP contribution in [0.15, 0.2) is 24.3 Å². The van der Waals surface area contributed by atoms with Crippen LogP contribution in [0.3, 0.4) is 0 Å². The van der Waals surface area contributed by atoms with E-state index in [-0.39, 0.29) is 30.9 Å². The fraction of sp³-hybridized carbons (Fsp3) is 0.353. The number of hydrogen-bond donors (Lipinski definition) is 3. The van der Waals surface area contributed by atoms with Crippen molar-refractivity contribution < 1.29 is 15.0 Å². The molecule has 7 nitrogen and oxygen atoms in total. The van der Waals surface area contributed by atoms with Crippen LogP contribution in [-0.2, 0) is 4.79 Å². The number of nitrogens with zero attached hydrogens (tertiary/aromatic N) is 3. The first kappa shape index (κ1) is 16.2. The lowest BCUT2D eigenvalue weighted by Crippen LogP contribution is -2.55. The summed E-state index contributed by atoms with van der Waals surface area (Å²) in [7, 11) is 0. The number of aliphatic hydroxyl groups excluding tert-OH is 1. The van der Waals surface area contributed by atoms with Crippen LogP contribution in [0.4, 0.5) is 5.82 Å². The van der Waals surface area contributed by atoms with Gasteiger partial charge in [-0.25, -0.2) is 0 Å². The van der Waals surface area contributed by atoms with E-state index >= 15 is 0 Å². The van der Waals surface area contributed by atoms with Crippen LogP contribution in [0.2, 0.25) is 0 Å². The molecule has 1 fully saturated rings. The van der Waals surface area contributed by atoms with Gasteiger partial charge in [-0.3, -0.25) is 4.79 Å². The van der Waals surface area contributed by atoms with Gasteiger partial charge in [-0.15, -0.1) is 10.2 Å². The Kier molecular flexibility index (Phi) is 4.35. The zero-order valence-corrected chi connectivity index (χ0v) is 13.7. The fourth-order valence-electron chi connectivity index (χ4n) is 3.01. The summed E-state index contributed by atoms with van der Waals surface area (Å²) in [5, 5.41) is 30.5. The monoisotopic (exact) mass is 328 g/mol. The van der Waals surface area contributed by atoms with Crippen molar-refractivity contribution in [3.63, 3.8) is 0 Å². The lowest BCUT2D eigenvalue weighted by molar-refractivity contribution is -0.121. The first-order chi connectivity index (χ1) is 11.5. The summed E-state index contributed by atoms with van der Waals surface area (Å²) in [6.07, 6.45) is 0. The van der Waals surface area contributed by atoms with Gasteiger partial charge in [-0.2, -0.15) is 0 Å². The first-order valence-corrected chi connectivity index (χ1v) is 7.77. The van der Waals surface area contributed by atoms with Crippen molar-refractivity contribution in [2.45, 2.75) is 19.9 Å². The quantitative estimate of drug-likeness (QED) is 0.769. The normalized spacial score (nSPS) is 17.7. The zero-order valence-electron chi connectivity index (χ0n) is 13.7. The Morgan fingerprint density at radius 3 is 2.71 bits per heavy atom. The van der Waals surface area contributed by atoms with E-state index in [0.717, 1.165) is 11.1 Å². The van der Waals surface area contributed by atoms with Crippen molar-refractivity contribution >= 4 is 11.7 Å². The summed E-state index contributed by atoms with van der Waals surface area (Å²) in [5.41, 5.74) is 3.14. The maximum absolute atomic E-state index is 11.7. The number of phenolic OH excluding ortho intramolecular Hbond substituents is 1. The van der Waals surface area contributed by atoms with Crippen LogP contribution in [0.1, 0.15) is 11.1 Å². The van der Waals surface area contributed by atoms with E-state index in [9.17, 15) is 15.0 Å². The lowest BCUT2D eigenvalue weighted by Gasteiger charge is -2.32. The SMILES string of the molecule is Cc1cc(C)c(-c2ccc(N3CC(=O)NC(CO)C3)nn2)c(O)c1. The molecule has 2 aromatic rings. The van der Waals surface area contributed by atoms with Crippen LogP contribution in [0, 0.1) is 13.8 Å². The van der Waals surface area contributed by atoms with E-state index in [0.29, 0.717) is 23.6 Å².